The van der Waals surface area contributed by atoms with Crippen molar-refractivity contribution in [3.63, 3.8) is 0 Å². The van der Waals surface area contributed by atoms with Gasteiger partial charge in [-0.1, -0.05) is 35.5 Å². The highest BCUT2D eigenvalue weighted by atomic mass is 16.5. The lowest BCUT2D eigenvalue weighted by molar-refractivity contribution is -0.114. The summed E-state index contributed by atoms with van der Waals surface area (Å²) in [6, 6.07) is 16.0. The molecule has 1 amide bonds. The third-order valence-corrected chi connectivity index (χ3v) is 2.66. The number of nitrogens with one attached hydrogen (secondary N) is 1. The molecule has 0 saturated heterocycles. The van der Waals surface area contributed by atoms with Gasteiger partial charge in [0.1, 0.15) is 11.5 Å². The summed E-state index contributed by atoms with van der Waals surface area (Å²) in [7, 11) is 1.47. The first-order valence-electron chi connectivity index (χ1n) is 6.02. The van der Waals surface area contributed by atoms with Crippen molar-refractivity contribution in [2.75, 3.05) is 7.05 Å². The van der Waals surface area contributed by atoms with Crippen molar-refractivity contribution in [1.29, 1.82) is 0 Å². The van der Waals surface area contributed by atoms with E-state index in [9.17, 15) is 4.79 Å². The molecule has 102 valence electrons. The molecule has 5 nitrogen and oxygen atoms in total. The average molecular weight is 270 g/mol. The third-order valence-electron chi connectivity index (χ3n) is 2.66. The fourth-order valence-corrected chi connectivity index (χ4v) is 1.71. The molecule has 0 fully saturated rings. The number of carbonyl (C=O) groups is 1. The van der Waals surface area contributed by atoms with Crippen molar-refractivity contribution < 1.29 is 14.7 Å². The number of likely N-dealkylation sites (N-methyl/N-ethyl adjacent to an activating group) is 1. The first-order valence-corrected chi connectivity index (χ1v) is 6.02. The van der Waals surface area contributed by atoms with Crippen LogP contribution in [0.4, 0.5) is 0 Å². The molecular weight excluding hydrogens is 256 g/mol. The van der Waals surface area contributed by atoms with Crippen LogP contribution in [0, 0.1) is 0 Å². The molecule has 0 radical (unpaired) electrons. The largest absolute Gasteiger partial charge is 0.457 e. The maximum absolute atomic E-state index is 11.7. The number of benzene rings is 2. The molecule has 0 aromatic heterocycles. The van der Waals surface area contributed by atoms with E-state index in [2.05, 4.69) is 10.5 Å². The van der Waals surface area contributed by atoms with E-state index in [1.165, 1.54) is 7.05 Å². The summed E-state index contributed by atoms with van der Waals surface area (Å²) in [4.78, 5) is 11.7. The Hall–Kier alpha value is -2.82. The van der Waals surface area contributed by atoms with Gasteiger partial charge in [0.25, 0.3) is 5.91 Å². The number of hydrogen-bond acceptors (Lipinski definition) is 4. The van der Waals surface area contributed by atoms with Gasteiger partial charge in [-0.25, -0.2) is 0 Å². The lowest BCUT2D eigenvalue weighted by Crippen LogP contribution is -2.28. The maximum Gasteiger partial charge on any atom is 0.273 e. The molecule has 0 aliphatic carbocycles. The van der Waals surface area contributed by atoms with Gasteiger partial charge in [0, 0.05) is 7.05 Å². The van der Waals surface area contributed by atoms with Gasteiger partial charge in [-0.05, 0) is 24.3 Å². The standard InChI is InChI=1S/C15H14N2O3/c1-16-15(18)14(17-19)12-9-5-6-10-13(12)20-11-7-3-2-4-8-11/h2-10,19H,1H3,(H,16,18)/b17-14+. The van der Waals surface area contributed by atoms with Crippen LogP contribution in [0.15, 0.2) is 59.8 Å². The van der Waals surface area contributed by atoms with E-state index in [4.69, 9.17) is 9.94 Å². The second kappa shape index (κ2) is 6.38. The van der Waals surface area contributed by atoms with Crippen LogP contribution in [0.3, 0.4) is 0 Å². The molecule has 2 rings (SSSR count). The van der Waals surface area contributed by atoms with E-state index in [1.807, 2.05) is 18.2 Å². The number of para-hydroxylation sites is 2. The molecule has 0 bridgehead atoms. The van der Waals surface area contributed by atoms with Crippen molar-refractivity contribution in [3.8, 4) is 11.5 Å². The number of hydrogen-bond donors (Lipinski definition) is 2. The number of nitrogens with zero attached hydrogens (tertiary/aromatic N) is 1. The van der Waals surface area contributed by atoms with Crippen molar-refractivity contribution >= 4 is 11.6 Å². The van der Waals surface area contributed by atoms with Crippen LogP contribution < -0.4 is 10.1 Å². The van der Waals surface area contributed by atoms with Crippen molar-refractivity contribution in [1.82, 2.24) is 5.32 Å². The minimum Gasteiger partial charge on any atom is -0.457 e. The zero-order valence-electron chi connectivity index (χ0n) is 10.9. The third kappa shape index (κ3) is 2.95. The summed E-state index contributed by atoms with van der Waals surface area (Å²) in [5, 5.41) is 14.5. The van der Waals surface area contributed by atoms with Gasteiger partial charge in [-0.15, -0.1) is 0 Å². The number of carbonyl (C=O) groups excluding carboxylic acids is 1. The Morgan fingerprint density at radius 1 is 1.10 bits per heavy atom. The van der Waals surface area contributed by atoms with Gasteiger partial charge in [0.15, 0.2) is 5.71 Å². The van der Waals surface area contributed by atoms with Gasteiger partial charge >= 0.3 is 0 Å². The first-order chi connectivity index (χ1) is 9.76. The second-order valence-corrected chi connectivity index (χ2v) is 3.94. The fourth-order valence-electron chi connectivity index (χ4n) is 1.71. The summed E-state index contributed by atoms with van der Waals surface area (Å²) in [6.07, 6.45) is 0. The van der Waals surface area contributed by atoms with Crippen LogP contribution in [0.25, 0.3) is 0 Å². The molecule has 2 N–H and O–H groups in total. The van der Waals surface area contributed by atoms with Crippen LogP contribution in [0.5, 0.6) is 11.5 Å². The monoisotopic (exact) mass is 270 g/mol. The Morgan fingerprint density at radius 3 is 2.40 bits per heavy atom. The Bertz CT molecular complexity index is 624. The van der Waals surface area contributed by atoms with Crippen LogP contribution in [0.2, 0.25) is 0 Å². The van der Waals surface area contributed by atoms with Crippen molar-refractivity contribution in [3.05, 3.63) is 60.2 Å². The van der Waals surface area contributed by atoms with E-state index in [1.54, 1.807) is 36.4 Å². The zero-order chi connectivity index (χ0) is 14.4. The highest BCUT2D eigenvalue weighted by Gasteiger charge is 2.18. The maximum atomic E-state index is 11.7. The number of ether oxygens (including phenoxy) is 1. The molecule has 2 aromatic carbocycles. The molecule has 0 spiro atoms. The van der Waals surface area contributed by atoms with E-state index >= 15 is 0 Å². The molecule has 2 aromatic rings. The highest BCUT2D eigenvalue weighted by Crippen LogP contribution is 2.25. The molecule has 20 heavy (non-hydrogen) atoms. The molecule has 0 atom stereocenters. The Kier molecular flexibility index (Phi) is 4.34. The van der Waals surface area contributed by atoms with E-state index < -0.39 is 5.91 Å². The molecule has 5 heteroatoms. The zero-order valence-corrected chi connectivity index (χ0v) is 10.9. The quantitative estimate of drug-likeness (QED) is 0.509. The van der Waals surface area contributed by atoms with Crippen molar-refractivity contribution in [2.45, 2.75) is 0 Å². The van der Waals surface area contributed by atoms with E-state index in [-0.39, 0.29) is 5.71 Å². The fraction of sp³-hybridized carbons (Fsp3) is 0.0667. The lowest BCUT2D eigenvalue weighted by atomic mass is 10.1. The minimum atomic E-state index is -0.489. The molecule has 0 unspecified atom stereocenters. The number of amides is 1. The molecular formula is C15H14N2O3. The predicted molar refractivity (Wildman–Crippen MR) is 75.3 cm³/mol. The summed E-state index contributed by atoms with van der Waals surface area (Å²) in [5.74, 6) is 0.584. The Labute approximate surface area is 116 Å². The molecule has 0 saturated carbocycles. The van der Waals surface area contributed by atoms with E-state index in [0.717, 1.165) is 0 Å². The SMILES string of the molecule is CNC(=O)/C(=N/O)c1ccccc1Oc1ccccc1. The van der Waals surface area contributed by atoms with Gasteiger partial charge in [-0.3, -0.25) is 4.79 Å². The van der Waals surface area contributed by atoms with Gasteiger partial charge in [0.2, 0.25) is 0 Å². The Morgan fingerprint density at radius 2 is 1.75 bits per heavy atom. The van der Waals surface area contributed by atoms with E-state index in [0.29, 0.717) is 17.1 Å². The average Bonchev–Trinajstić information content (AvgIpc) is 2.50. The summed E-state index contributed by atoms with van der Waals surface area (Å²) < 4.78 is 5.72. The first kappa shape index (κ1) is 13.6. The van der Waals surface area contributed by atoms with Gasteiger partial charge < -0.3 is 15.3 Å². The minimum absolute atomic E-state index is 0.0981. The molecule has 0 heterocycles. The van der Waals surface area contributed by atoms with Gasteiger partial charge in [-0.2, -0.15) is 0 Å². The van der Waals surface area contributed by atoms with Crippen LogP contribution >= 0.6 is 0 Å². The van der Waals surface area contributed by atoms with Crippen LogP contribution in [-0.2, 0) is 4.79 Å². The second-order valence-electron chi connectivity index (χ2n) is 3.94. The number of rotatable bonds is 4. The summed E-state index contributed by atoms with van der Waals surface area (Å²) in [6.45, 7) is 0. The molecule has 0 aliphatic heterocycles. The summed E-state index contributed by atoms with van der Waals surface area (Å²) in [5.41, 5.74) is 0.317. The van der Waals surface area contributed by atoms with Crippen molar-refractivity contribution in [2.24, 2.45) is 5.16 Å². The van der Waals surface area contributed by atoms with Gasteiger partial charge in [0.05, 0.1) is 5.56 Å². The molecule has 0 aliphatic rings. The van der Waals surface area contributed by atoms with Crippen LogP contribution in [-0.4, -0.2) is 23.9 Å². The highest BCUT2D eigenvalue weighted by molar-refractivity contribution is 6.45. The summed E-state index contributed by atoms with van der Waals surface area (Å²) >= 11 is 0. The predicted octanol–water partition coefficient (Wildman–Crippen LogP) is 2.40. The van der Waals surface area contributed by atoms with Crippen LogP contribution in [0.1, 0.15) is 5.56 Å². The normalized spacial score (nSPS) is 10.9. The lowest BCUT2D eigenvalue weighted by Gasteiger charge is -2.11. The smallest absolute Gasteiger partial charge is 0.273 e. The number of oxime groups is 1. The Balaban J connectivity index is 2.38. The topological polar surface area (TPSA) is 70.9 Å².